The molecule has 0 amide bonds. The predicted octanol–water partition coefficient (Wildman–Crippen LogP) is 5.82. The van der Waals surface area contributed by atoms with Gasteiger partial charge in [-0.2, -0.15) is 0 Å². The Morgan fingerprint density at radius 2 is 1.89 bits per heavy atom. The molecule has 0 radical (unpaired) electrons. The van der Waals surface area contributed by atoms with E-state index in [1.54, 1.807) is 48.7 Å². The molecule has 0 spiro atoms. The van der Waals surface area contributed by atoms with Crippen molar-refractivity contribution in [1.82, 2.24) is 9.97 Å². The molecule has 4 aromatic rings. The summed E-state index contributed by atoms with van der Waals surface area (Å²) < 4.78 is 5.44. The van der Waals surface area contributed by atoms with Gasteiger partial charge in [0.05, 0.1) is 11.3 Å². The molecule has 0 atom stereocenters. The minimum atomic E-state index is -0.466. The third-order valence-corrected chi connectivity index (χ3v) is 4.78. The quantitative estimate of drug-likeness (QED) is 0.333. The smallest absolute Gasteiger partial charge is 0.343 e. The molecule has 0 aliphatic heterocycles. The number of halogens is 1. The number of pyridine rings is 1. The Morgan fingerprint density at radius 1 is 1.00 bits per heavy atom. The van der Waals surface area contributed by atoms with Crippen LogP contribution in [0.3, 0.4) is 0 Å². The molecule has 0 saturated heterocycles. The maximum Gasteiger partial charge on any atom is 0.343 e. The monoisotopic (exact) mass is 407 g/mol. The van der Waals surface area contributed by atoms with Gasteiger partial charge in [0.25, 0.3) is 0 Å². The number of benzene rings is 2. The molecule has 0 aliphatic rings. The van der Waals surface area contributed by atoms with E-state index < -0.39 is 5.97 Å². The number of nitrogens with one attached hydrogen (secondary N) is 1. The number of carbonyl (C=O) groups is 1. The SMILES string of the molecule is O=C(Oc1cccc(Nc2nc(-c3ccccn3)cs2)c1)c1cccc(Cl)c1. The molecule has 7 heteroatoms. The van der Waals surface area contributed by atoms with Crippen LogP contribution in [-0.2, 0) is 0 Å². The molecule has 2 heterocycles. The van der Waals surface area contributed by atoms with Crippen LogP contribution in [0.15, 0.2) is 78.3 Å². The molecule has 0 fully saturated rings. The second kappa shape index (κ2) is 8.21. The number of ether oxygens (including phenoxy) is 1. The number of anilines is 2. The second-order valence-electron chi connectivity index (χ2n) is 5.81. The Morgan fingerprint density at radius 3 is 2.71 bits per heavy atom. The fraction of sp³-hybridized carbons (Fsp3) is 0. The number of hydrogen-bond donors (Lipinski definition) is 1. The summed E-state index contributed by atoms with van der Waals surface area (Å²) in [5.74, 6) is -0.0391. The third kappa shape index (κ3) is 4.36. The molecule has 28 heavy (non-hydrogen) atoms. The maximum atomic E-state index is 12.3. The number of nitrogens with zero attached hydrogens (tertiary/aromatic N) is 2. The highest BCUT2D eigenvalue weighted by Gasteiger charge is 2.10. The number of hydrogen-bond acceptors (Lipinski definition) is 6. The van der Waals surface area contributed by atoms with E-state index >= 15 is 0 Å². The molecular weight excluding hydrogens is 394 g/mol. The highest BCUT2D eigenvalue weighted by atomic mass is 35.5. The van der Waals surface area contributed by atoms with Crippen LogP contribution in [0, 0.1) is 0 Å². The zero-order valence-electron chi connectivity index (χ0n) is 14.5. The second-order valence-corrected chi connectivity index (χ2v) is 7.10. The van der Waals surface area contributed by atoms with Crippen LogP contribution in [0.25, 0.3) is 11.4 Å². The zero-order chi connectivity index (χ0) is 19.3. The molecule has 4 rings (SSSR count). The molecule has 138 valence electrons. The van der Waals surface area contributed by atoms with Gasteiger partial charge in [0.2, 0.25) is 0 Å². The summed E-state index contributed by atoms with van der Waals surface area (Å²) in [5.41, 5.74) is 2.77. The normalized spacial score (nSPS) is 10.5. The van der Waals surface area contributed by atoms with Crippen molar-refractivity contribution < 1.29 is 9.53 Å². The van der Waals surface area contributed by atoms with Crippen LogP contribution in [0.4, 0.5) is 10.8 Å². The molecule has 2 aromatic heterocycles. The van der Waals surface area contributed by atoms with Crippen molar-refractivity contribution >= 4 is 39.7 Å². The van der Waals surface area contributed by atoms with E-state index in [-0.39, 0.29) is 0 Å². The molecule has 0 unspecified atom stereocenters. The standard InChI is InChI=1S/C21H14ClN3O2S/c22-15-6-3-5-14(11-15)20(26)27-17-8-4-7-16(12-17)24-21-25-19(13-28-21)18-9-1-2-10-23-18/h1-13H,(H,24,25). The zero-order valence-corrected chi connectivity index (χ0v) is 16.1. The van der Waals surface area contributed by atoms with Crippen LogP contribution in [0.1, 0.15) is 10.4 Å². The Kier molecular flexibility index (Phi) is 5.32. The maximum absolute atomic E-state index is 12.3. The van der Waals surface area contributed by atoms with Crippen molar-refractivity contribution in [3.63, 3.8) is 0 Å². The number of aromatic nitrogens is 2. The lowest BCUT2D eigenvalue weighted by molar-refractivity contribution is 0.0735. The van der Waals surface area contributed by atoms with Gasteiger partial charge in [-0.25, -0.2) is 9.78 Å². The first-order valence-corrected chi connectivity index (χ1v) is 9.65. The molecular formula is C21H14ClN3O2S. The molecule has 0 aliphatic carbocycles. The van der Waals surface area contributed by atoms with Gasteiger partial charge in [0.15, 0.2) is 5.13 Å². The van der Waals surface area contributed by atoms with Gasteiger partial charge in [-0.3, -0.25) is 4.98 Å². The van der Waals surface area contributed by atoms with E-state index in [1.807, 2.05) is 29.6 Å². The lowest BCUT2D eigenvalue weighted by Gasteiger charge is -2.07. The van der Waals surface area contributed by atoms with Gasteiger partial charge in [-0.1, -0.05) is 29.8 Å². The van der Waals surface area contributed by atoms with E-state index in [1.165, 1.54) is 11.3 Å². The molecule has 0 bridgehead atoms. The fourth-order valence-electron chi connectivity index (χ4n) is 2.51. The number of rotatable bonds is 5. The first kappa shape index (κ1) is 18.2. The summed E-state index contributed by atoms with van der Waals surface area (Å²) in [6.45, 7) is 0. The van der Waals surface area contributed by atoms with Crippen molar-refractivity contribution in [2.24, 2.45) is 0 Å². The van der Waals surface area contributed by atoms with Crippen molar-refractivity contribution in [3.8, 4) is 17.1 Å². The Hall–Kier alpha value is -3.22. The van der Waals surface area contributed by atoms with Crippen LogP contribution in [-0.4, -0.2) is 15.9 Å². The van der Waals surface area contributed by atoms with E-state index in [2.05, 4.69) is 15.3 Å². The molecule has 0 saturated carbocycles. The summed E-state index contributed by atoms with van der Waals surface area (Å²) in [5, 5.41) is 6.37. The average molecular weight is 408 g/mol. The van der Waals surface area contributed by atoms with Crippen LogP contribution in [0.5, 0.6) is 5.75 Å². The summed E-state index contributed by atoms with van der Waals surface area (Å²) in [7, 11) is 0. The first-order valence-electron chi connectivity index (χ1n) is 8.39. The largest absolute Gasteiger partial charge is 0.423 e. The third-order valence-electron chi connectivity index (χ3n) is 3.79. The van der Waals surface area contributed by atoms with Gasteiger partial charge in [-0.15, -0.1) is 11.3 Å². The number of esters is 1. The summed E-state index contributed by atoms with van der Waals surface area (Å²) in [4.78, 5) is 21.1. The van der Waals surface area contributed by atoms with Gasteiger partial charge < -0.3 is 10.1 Å². The van der Waals surface area contributed by atoms with Gasteiger partial charge in [0, 0.05) is 28.4 Å². The highest BCUT2D eigenvalue weighted by Crippen LogP contribution is 2.27. The minimum absolute atomic E-state index is 0.394. The first-order chi connectivity index (χ1) is 13.7. The van der Waals surface area contributed by atoms with E-state index in [0.717, 1.165) is 22.2 Å². The Labute approximate surface area is 170 Å². The summed E-state index contributed by atoms with van der Waals surface area (Å²) in [6, 6.07) is 19.5. The minimum Gasteiger partial charge on any atom is -0.423 e. The van der Waals surface area contributed by atoms with Crippen molar-refractivity contribution in [2.45, 2.75) is 0 Å². The highest BCUT2D eigenvalue weighted by molar-refractivity contribution is 7.14. The van der Waals surface area contributed by atoms with Gasteiger partial charge in [-0.05, 0) is 42.5 Å². The molecule has 2 aromatic carbocycles. The van der Waals surface area contributed by atoms with Gasteiger partial charge in [0.1, 0.15) is 11.4 Å². The van der Waals surface area contributed by atoms with Crippen LogP contribution in [0.2, 0.25) is 5.02 Å². The average Bonchev–Trinajstić information content (AvgIpc) is 3.17. The van der Waals surface area contributed by atoms with E-state index in [9.17, 15) is 4.79 Å². The fourth-order valence-corrected chi connectivity index (χ4v) is 3.42. The number of carbonyl (C=O) groups excluding carboxylic acids is 1. The van der Waals surface area contributed by atoms with Crippen molar-refractivity contribution in [3.05, 3.63) is 88.9 Å². The van der Waals surface area contributed by atoms with Crippen LogP contribution >= 0.6 is 22.9 Å². The topological polar surface area (TPSA) is 64.1 Å². The van der Waals surface area contributed by atoms with E-state index in [0.29, 0.717) is 16.3 Å². The van der Waals surface area contributed by atoms with Crippen LogP contribution < -0.4 is 10.1 Å². The number of thiazole rings is 1. The molecule has 1 N–H and O–H groups in total. The lowest BCUT2D eigenvalue weighted by atomic mass is 10.2. The lowest BCUT2D eigenvalue weighted by Crippen LogP contribution is -2.08. The summed E-state index contributed by atoms with van der Waals surface area (Å²) >= 11 is 7.40. The Balaban J connectivity index is 1.47. The molecule has 5 nitrogen and oxygen atoms in total. The predicted molar refractivity (Wildman–Crippen MR) is 111 cm³/mol. The summed E-state index contributed by atoms with van der Waals surface area (Å²) in [6.07, 6.45) is 1.74. The Bertz CT molecular complexity index is 1120. The van der Waals surface area contributed by atoms with Gasteiger partial charge >= 0.3 is 5.97 Å². The van der Waals surface area contributed by atoms with Crippen molar-refractivity contribution in [2.75, 3.05) is 5.32 Å². The van der Waals surface area contributed by atoms with E-state index in [4.69, 9.17) is 16.3 Å². The van der Waals surface area contributed by atoms with Crippen molar-refractivity contribution in [1.29, 1.82) is 0 Å².